The Morgan fingerprint density at radius 2 is 1.68 bits per heavy atom. The lowest BCUT2D eigenvalue weighted by atomic mass is 9.85. The van der Waals surface area contributed by atoms with Gasteiger partial charge in [-0.3, -0.25) is 4.99 Å². The molecule has 0 aromatic heterocycles. The lowest BCUT2D eigenvalue weighted by Crippen LogP contribution is -2.38. The fraction of sp³-hybridized carbons (Fsp3) is 0.929. The van der Waals surface area contributed by atoms with Crippen molar-refractivity contribution < 1.29 is 9.47 Å². The van der Waals surface area contributed by atoms with Crippen LogP contribution in [0.1, 0.15) is 39.5 Å². The van der Waals surface area contributed by atoms with Gasteiger partial charge < -0.3 is 20.1 Å². The van der Waals surface area contributed by atoms with Crippen LogP contribution < -0.4 is 10.6 Å². The van der Waals surface area contributed by atoms with Crippen LogP contribution in [0.4, 0.5) is 0 Å². The third-order valence-electron chi connectivity index (χ3n) is 3.88. The molecule has 5 nitrogen and oxygen atoms in total. The molecular formula is C14H27N3O2. The quantitative estimate of drug-likeness (QED) is 0.600. The summed E-state index contributed by atoms with van der Waals surface area (Å²) in [6, 6.07) is 0. The van der Waals surface area contributed by atoms with Crippen LogP contribution >= 0.6 is 0 Å². The van der Waals surface area contributed by atoms with Crippen molar-refractivity contribution in [1.29, 1.82) is 0 Å². The zero-order valence-electron chi connectivity index (χ0n) is 12.2. The van der Waals surface area contributed by atoms with Crippen molar-refractivity contribution in [2.45, 2.75) is 45.3 Å². The zero-order chi connectivity index (χ0) is 13.6. The second-order valence-corrected chi connectivity index (χ2v) is 5.30. The zero-order valence-corrected chi connectivity index (χ0v) is 12.2. The Kier molecular flexibility index (Phi) is 5.45. The number of ether oxygens (including phenoxy) is 2. The molecule has 110 valence electrons. The van der Waals surface area contributed by atoms with Crippen LogP contribution in [0.5, 0.6) is 0 Å². The van der Waals surface area contributed by atoms with Crippen molar-refractivity contribution in [2.24, 2.45) is 10.9 Å². The fourth-order valence-corrected chi connectivity index (χ4v) is 2.82. The molecule has 2 rings (SSSR count). The van der Waals surface area contributed by atoms with E-state index in [9.17, 15) is 0 Å². The van der Waals surface area contributed by atoms with Gasteiger partial charge in [0.2, 0.25) is 0 Å². The van der Waals surface area contributed by atoms with Crippen molar-refractivity contribution in [2.75, 3.05) is 32.8 Å². The summed E-state index contributed by atoms with van der Waals surface area (Å²) < 4.78 is 11.5. The average molecular weight is 269 g/mol. The highest BCUT2D eigenvalue weighted by atomic mass is 16.7. The van der Waals surface area contributed by atoms with E-state index in [1.807, 2.05) is 0 Å². The first-order valence-corrected chi connectivity index (χ1v) is 7.58. The van der Waals surface area contributed by atoms with E-state index >= 15 is 0 Å². The van der Waals surface area contributed by atoms with E-state index in [0.717, 1.165) is 64.5 Å². The van der Waals surface area contributed by atoms with Gasteiger partial charge in [-0.05, 0) is 32.6 Å². The third kappa shape index (κ3) is 4.08. The normalized spacial score (nSPS) is 22.4. The van der Waals surface area contributed by atoms with Gasteiger partial charge in [-0.2, -0.15) is 0 Å². The number of rotatable bonds is 4. The van der Waals surface area contributed by atoms with Crippen molar-refractivity contribution in [1.82, 2.24) is 10.6 Å². The van der Waals surface area contributed by atoms with Crippen LogP contribution in [-0.2, 0) is 9.47 Å². The Hall–Kier alpha value is -0.810. The van der Waals surface area contributed by atoms with E-state index < -0.39 is 0 Å². The standard InChI is InChI=1S/C14H27N3O2/c1-3-15-13(16-4-2)17-11-12-5-7-14(8-6-12)18-9-10-19-14/h12H,3-11H2,1-2H3,(H2,15,16,17). The minimum absolute atomic E-state index is 0.244. The largest absolute Gasteiger partial charge is 0.357 e. The van der Waals surface area contributed by atoms with Crippen LogP contribution in [0.25, 0.3) is 0 Å². The molecule has 2 fully saturated rings. The van der Waals surface area contributed by atoms with Crippen molar-refractivity contribution >= 4 is 5.96 Å². The highest BCUT2D eigenvalue weighted by molar-refractivity contribution is 5.79. The molecule has 2 aliphatic rings. The maximum absolute atomic E-state index is 5.75. The molecule has 0 atom stereocenters. The predicted molar refractivity (Wildman–Crippen MR) is 76.2 cm³/mol. The summed E-state index contributed by atoms with van der Waals surface area (Å²) >= 11 is 0. The molecule has 2 N–H and O–H groups in total. The number of nitrogens with one attached hydrogen (secondary N) is 2. The Bertz CT molecular complexity index is 283. The molecule has 1 saturated heterocycles. The molecule has 1 aliphatic carbocycles. The smallest absolute Gasteiger partial charge is 0.191 e. The van der Waals surface area contributed by atoms with Gasteiger partial charge in [0.1, 0.15) is 0 Å². The lowest BCUT2D eigenvalue weighted by Gasteiger charge is -2.34. The third-order valence-corrected chi connectivity index (χ3v) is 3.88. The number of nitrogens with zero attached hydrogens (tertiary/aromatic N) is 1. The molecule has 5 heteroatoms. The molecule has 0 aromatic rings. The summed E-state index contributed by atoms with van der Waals surface area (Å²) in [5, 5.41) is 6.52. The summed E-state index contributed by atoms with van der Waals surface area (Å²) in [6.07, 6.45) is 4.33. The molecule has 0 unspecified atom stereocenters. The molecule has 0 aromatic carbocycles. The number of guanidine groups is 1. The van der Waals surface area contributed by atoms with E-state index in [1.165, 1.54) is 0 Å². The van der Waals surface area contributed by atoms with Crippen molar-refractivity contribution in [3.63, 3.8) is 0 Å². The average Bonchev–Trinajstić information content (AvgIpc) is 2.87. The van der Waals surface area contributed by atoms with Gasteiger partial charge >= 0.3 is 0 Å². The Morgan fingerprint density at radius 3 is 2.21 bits per heavy atom. The van der Waals surface area contributed by atoms with Gasteiger partial charge in [0.15, 0.2) is 11.7 Å². The minimum atomic E-state index is -0.244. The molecule has 19 heavy (non-hydrogen) atoms. The molecular weight excluding hydrogens is 242 g/mol. The van der Waals surface area contributed by atoms with E-state index in [-0.39, 0.29) is 5.79 Å². The topological polar surface area (TPSA) is 54.9 Å². The predicted octanol–water partition coefficient (Wildman–Crippen LogP) is 1.49. The van der Waals surface area contributed by atoms with E-state index in [4.69, 9.17) is 9.47 Å². The van der Waals surface area contributed by atoms with Crippen LogP contribution in [-0.4, -0.2) is 44.6 Å². The lowest BCUT2D eigenvalue weighted by molar-refractivity contribution is -0.181. The van der Waals surface area contributed by atoms with Gasteiger partial charge in [0.25, 0.3) is 0 Å². The van der Waals surface area contributed by atoms with Crippen LogP contribution in [0, 0.1) is 5.92 Å². The highest BCUT2D eigenvalue weighted by Gasteiger charge is 2.40. The second-order valence-electron chi connectivity index (χ2n) is 5.30. The molecule has 1 spiro atoms. The number of hydrogen-bond donors (Lipinski definition) is 2. The van der Waals surface area contributed by atoms with Crippen molar-refractivity contribution in [3.05, 3.63) is 0 Å². The van der Waals surface area contributed by atoms with E-state index in [0.29, 0.717) is 5.92 Å². The maximum atomic E-state index is 5.75. The summed E-state index contributed by atoms with van der Waals surface area (Å²) in [6.45, 7) is 8.40. The molecule has 0 amide bonds. The van der Waals surface area contributed by atoms with Gasteiger partial charge in [0.05, 0.1) is 13.2 Å². The number of aliphatic imine (C=N–C) groups is 1. The molecule has 1 heterocycles. The molecule has 0 bridgehead atoms. The van der Waals surface area contributed by atoms with Gasteiger partial charge in [-0.1, -0.05) is 0 Å². The maximum Gasteiger partial charge on any atom is 0.191 e. The SMILES string of the molecule is CCNC(=NCC1CCC2(CC1)OCCO2)NCC. The minimum Gasteiger partial charge on any atom is -0.357 e. The Balaban J connectivity index is 1.76. The second kappa shape index (κ2) is 7.10. The van der Waals surface area contributed by atoms with E-state index in [1.54, 1.807) is 0 Å². The van der Waals surface area contributed by atoms with E-state index in [2.05, 4.69) is 29.5 Å². The first-order valence-electron chi connectivity index (χ1n) is 7.58. The van der Waals surface area contributed by atoms with Gasteiger partial charge in [-0.15, -0.1) is 0 Å². The molecule has 1 aliphatic heterocycles. The highest BCUT2D eigenvalue weighted by Crippen LogP contribution is 2.38. The van der Waals surface area contributed by atoms with Gasteiger partial charge in [0, 0.05) is 32.5 Å². The monoisotopic (exact) mass is 269 g/mol. The number of hydrogen-bond acceptors (Lipinski definition) is 3. The first kappa shape index (κ1) is 14.6. The van der Waals surface area contributed by atoms with Gasteiger partial charge in [-0.25, -0.2) is 0 Å². The van der Waals surface area contributed by atoms with Crippen LogP contribution in [0.3, 0.4) is 0 Å². The molecule has 0 radical (unpaired) electrons. The fourth-order valence-electron chi connectivity index (χ4n) is 2.82. The van der Waals surface area contributed by atoms with Crippen LogP contribution in [0.2, 0.25) is 0 Å². The van der Waals surface area contributed by atoms with Crippen LogP contribution in [0.15, 0.2) is 4.99 Å². The summed E-state index contributed by atoms with van der Waals surface area (Å²) in [5.74, 6) is 1.34. The molecule has 1 saturated carbocycles. The van der Waals surface area contributed by atoms with Crippen molar-refractivity contribution in [3.8, 4) is 0 Å². The Morgan fingerprint density at radius 1 is 1.11 bits per heavy atom. The summed E-state index contributed by atoms with van der Waals surface area (Å²) in [4.78, 5) is 4.65. The first-order chi connectivity index (χ1) is 9.28. The summed E-state index contributed by atoms with van der Waals surface area (Å²) in [7, 11) is 0. The Labute approximate surface area is 116 Å². The summed E-state index contributed by atoms with van der Waals surface area (Å²) in [5.41, 5.74) is 0.